The zero-order valence-electron chi connectivity index (χ0n) is 21.5. The smallest absolute Gasteiger partial charge is 0.328 e. The molecule has 1 spiro atoms. The van der Waals surface area contributed by atoms with Crippen LogP contribution >= 0.6 is 23.2 Å². The summed E-state index contributed by atoms with van der Waals surface area (Å²) < 4.78 is 0. The highest BCUT2D eigenvalue weighted by Crippen LogP contribution is 2.39. The molecule has 2 aromatic rings. The Labute approximate surface area is 236 Å². The number of carboxylic acids is 1. The van der Waals surface area contributed by atoms with Gasteiger partial charge in [-0.05, 0) is 43.5 Å². The predicted molar refractivity (Wildman–Crippen MR) is 148 cm³/mol. The van der Waals surface area contributed by atoms with Gasteiger partial charge in [-0.2, -0.15) is 0 Å². The number of benzene rings is 2. The SMILES string of the molecule is CCCN1CN(c2ccccc2)C2(CCN(C(=O)NCC(NC(=O)c3c(Cl)cccc3Cl)C(=O)O)CC2)C1=O. The maximum Gasteiger partial charge on any atom is 0.328 e. The summed E-state index contributed by atoms with van der Waals surface area (Å²) in [5.41, 5.74) is 0.182. The number of piperidine rings is 1. The molecule has 2 aliphatic rings. The Morgan fingerprint density at radius 2 is 1.67 bits per heavy atom. The van der Waals surface area contributed by atoms with E-state index in [2.05, 4.69) is 15.5 Å². The minimum Gasteiger partial charge on any atom is -0.480 e. The van der Waals surface area contributed by atoms with Gasteiger partial charge in [-0.15, -0.1) is 0 Å². The summed E-state index contributed by atoms with van der Waals surface area (Å²) in [6.45, 7) is 3.49. The lowest BCUT2D eigenvalue weighted by molar-refractivity contribution is -0.139. The highest BCUT2D eigenvalue weighted by Gasteiger charge is 2.53. The summed E-state index contributed by atoms with van der Waals surface area (Å²) in [7, 11) is 0. The summed E-state index contributed by atoms with van der Waals surface area (Å²) >= 11 is 12.1. The van der Waals surface area contributed by atoms with Crippen LogP contribution in [0.5, 0.6) is 0 Å². The van der Waals surface area contributed by atoms with Crippen molar-refractivity contribution < 1.29 is 24.3 Å². The Morgan fingerprint density at radius 3 is 2.26 bits per heavy atom. The van der Waals surface area contributed by atoms with Crippen LogP contribution in [-0.4, -0.2) is 83.1 Å². The Hall–Kier alpha value is -3.50. The summed E-state index contributed by atoms with van der Waals surface area (Å²) in [5.74, 6) is -2.01. The average molecular weight is 576 g/mol. The van der Waals surface area contributed by atoms with E-state index in [0.717, 1.165) is 12.1 Å². The number of nitrogens with one attached hydrogen (secondary N) is 2. The number of anilines is 1. The first-order chi connectivity index (χ1) is 18.7. The number of aliphatic carboxylic acids is 1. The second kappa shape index (κ2) is 12.1. The van der Waals surface area contributed by atoms with Crippen molar-refractivity contribution in [3.05, 3.63) is 64.1 Å². The molecule has 2 saturated heterocycles. The van der Waals surface area contributed by atoms with Crippen LogP contribution in [0.15, 0.2) is 48.5 Å². The fourth-order valence-corrected chi connectivity index (χ4v) is 5.74. The maximum absolute atomic E-state index is 13.5. The monoisotopic (exact) mass is 575 g/mol. The predicted octanol–water partition coefficient (Wildman–Crippen LogP) is 3.44. The van der Waals surface area contributed by atoms with Gasteiger partial charge in [-0.25, -0.2) is 9.59 Å². The molecular weight excluding hydrogens is 545 g/mol. The Morgan fingerprint density at radius 1 is 1.03 bits per heavy atom. The van der Waals surface area contributed by atoms with Gasteiger partial charge in [0.2, 0.25) is 5.91 Å². The molecule has 0 bridgehead atoms. The van der Waals surface area contributed by atoms with E-state index in [1.54, 1.807) is 11.0 Å². The van der Waals surface area contributed by atoms with Crippen molar-refractivity contribution >= 4 is 52.7 Å². The van der Waals surface area contributed by atoms with Crippen LogP contribution in [0.4, 0.5) is 10.5 Å². The standard InChI is InChI=1S/C27H31Cl2N5O5/c1-2-13-33-17-34(18-7-4-3-5-8-18)27(25(33)38)11-14-32(15-12-27)26(39)30-16-21(24(36)37)31-23(35)22-19(28)9-6-10-20(22)29/h3-10,21H,2,11-17H2,1H3,(H,30,39)(H,31,35)(H,36,37). The van der Waals surface area contributed by atoms with Gasteiger partial charge in [-0.1, -0.05) is 54.4 Å². The molecule has 2 aliphatic heterocycles. The van der Waals surface area contributed by atoms with E-state index in [4.69, 9.17) is 23.2 Å². The summed E-state index contributed by atoms with van der Waals surface area (Å²) in [6, 6.07) is 12.4. The number of nitrogens with zero attached hydrogens (tertiary/aromatic N) is 3. The Kier molecular flexibility index (Phi) is 8.87. The van der Waals surface area contributed by atoms with Crippen LogP contribution < -0.4 is 15.5 Å². The topological polar surface area (TPSA) is 122 Å². The molecule has 2 aromatic carbocycles. The molecular formula is C27H31Cl2N5O5. The van der Waals surface area contributed by atoms with Gasteiger partial charge in [0.1, 0.15) is 11.6 Å². The Balaban J connectivity index is 1.39. The number of urea groups is 1. The van der Waals surface area contributed by atoms with E-state index in [-0.39, 0.29) is 28.1 Å². The molecule has 1 unspecified atom stereocenters. The second-order valence-corrected chi connectivity index (χ2v) is 10.5. The fourth-order valence-electron chi connectivity index (χ4n) is 5.17. The Bertz CT molecular complexity index is 1220. The lowest BCUT2D eigenvalue weighted by atomic mass is 9.85. The number of hydrogen-bond donors (Lipinski definition) is 3. The number of likely N-dealkylation sites (tertiary alicyclic amines) is 1. The largest absolute Gasteiger partial charge is 0.480 e. The third-order valence-electron chi connectivity index (χ3n) is 7.20. The van der Waals surface area contributed by atoms with E-state index in [1.807, 2.05) is 42.2 Å². The number of amides is 4. The average Bonchev–Trinajstić information content (AvgIpc) is 3.18. The second-order valence-electron chi connectivity index (χ2n) is 9.64. The molecule has 12 heteroatoms. The molecule has 208 valence electrons. The zero-order valence-corrected chi connectivity index (χ0v) is 23.0. The van der Waals surface area contributed by atoms with Crippen LogP contribution in [-0.2, 0) is 9.59 Å². The summed E-state index contributed by atoms with van der Waals surface area (Å²) in [5, 5.41) is 14.7. The number of carbonyl (C=O) groups is 4. The van der Waals surface area contributed by atoms with E-state index in [0.29, 0.717) is 39.1 Å². The molecule has 4 rings (SSSR count). The van der Waals surface area contributed by atoms with Crippen molar-refractivity contribution in [1.29, 1.82) is 0 Å². The third-order valence-corrected chi connectivity index (χ3v) is 7.83. The van der Waals surface area contributed by atoms with Gasteiger partial charge in [0, 0.05) is 25.3 Å². The minimum absolute atomic E-state index is 0.0407. The minimum atomic E-state index is -1.41. The lowest BCUT2D eigenvalue weighted by Crippen LogP contribution is -2.59. The van der Waals surface area contributed by atoms with Gasteiger partial charge < -0.3 is 30.4 Å². The lowest BCUT2D eigenvalue weighted by Gasteiger charge is -2.43. The molecule has 0 aliphatic carbocycles. The number of carbonyl (C=O) groups excluding carboxylic acids is 3. The van der Waals surface area contributed by atoms with Crippen LogP contribution in [0.2, 0.25) is 10.0 Å². The highest BCUT2D eigenvalue weighted by molar-refractivity contribution is 6.39. The fraction of sp³-hybridized carbons (Fsp3) is 0.407. The molecule has 3 N–H and O–H groups in total. The van der Waals surface area contributed by atoms with Gasteiger partial charge >= 0.3 is 12.0 Å². The van der Waals surface area contributed by atoms with Crippen molar-refractivity contribution in [3.63, 3.8) is 0 Å². The van der Waals surface area contributed by atoms with Crippen molar-refractivity contribution in [2.75, 3.05) is 37.7 Å². The van der Waals surface area contributed by atoms with E-state index in [1.165, 1.54) is 12.1 Å². The number of para-hydroxylation sites is 1. The van der Waals surface area contributed by atoms with E-state index < -0.39 is 29.5 Å². The van der Waals surface area contributed by atoms with Gasteiger partial charge in [0.15, 0.2) is 0 Å². The van der Waals surface area contributed by atoms with Gasteiger partial charge in [-0.3, -0.25) is 9.59 Å². The number of rotatable bonds is 8. The van der Waals surface area contributed by atoms with Crippen molar-refractivity contribution in [3.8, 4) is 0 Å². The highest BCUT2D eigenvalue weighted by atomic mass is 35.5. The van der Waals surface area contributed by atoms with Gasteiger partial charge in [0.25, 0.3) is 5.91 Å². The summed E-state index contributed by atoms with van der Waals surface area (Å²) in [4.78, 5) is 56.5. The van der Waals surface area contributed by atoms with Crippen molar-refractivity contribution in [2.45, 2.75) is 37.8 Å². The molecule has 4 amide bonds. The maximum atomic E-state index is 13.5. The van der Waals surface area contributed by atoms with Crippen LogP contribution in [0, 0.1) is 0 Å². The van der Waals surface area contributed by atoms with Crippen molar-refractivity contribution in [1.82, 2.24) is 20.4 Å². The van der Waals surface area contributed by atoms with Crippen LogP contribution in [0.25, 0.3) is 0 Å². The molecule has 0 aromatic heterocycles. The summed E-state index contributed by atoms with van der Waals surface area (Å²) in [6.07, 6.45) is 1.74. The number of hydrogen-bond acceptors (Lipinski definition) is 5. The van der Waals surface area contributed by atoms with Crippen LogP contribution in [0.3, 0.4) is 0 Å². The molecule has 39 heavy (non-hydrogen) atoms. The molecule has 1 atom stereocenters. The third kappa shape index (κ3) is 5.91. The molecule has 10 nitrogen and oxygen atoms in total. The van der Waals surface area contributed by atoms with E-state index >= 15 is 0 Å². The molecule has 0 saturated carbocycles. The first-order valence-electron chi connectivity index (χ1n) is 12.8. The molecule has 0 radical (unpaired) electrons. The zero-order chi connectivity index (χ0) is 28.2. The molecule has 2 heterocycles. The van der Waals surface area contributed by atoms with Crippen molar-refractivity contribution in [2.24, 2.45) is 0 Å². The molecule has 2 fully saturated rings. The number of halogens is 2. The van der Waals surface area contributed by atoms with E-state index in [9.17, 15) is 24.3 Å². The first kappa shape index (κ1) is 28.5. The first-order valence-corrected chi connectivity index (χ1v) is 13.6. The number of carboxylic acid groups (broad SMARTS) is 1. The van der Waals surface area contributed by atoms with Gasteiger partial charge in [0.05, 0.1) is 28.8 Å². The van der Waals surface area contributed by atoms with Crippen LogP contribution in [0.1, 0.15) is 36.5 Å². The quantitative estimate of drug-likeness (QED) is 0.443. The normalized spacial score (nSPS) is 17.3.